The Labute approximate surface area is 207 Å². The van der Waals surface area contributed by atoms with Gasteiger partial charge in [-0.25, -0.2) is 4.98 Å². The van der Waals surface area contributed by atoms with Crippen LogP contribution in [0.2, 0.25) is 0 Å². The van der Waals surface area contributed by atoms with Gasteiger partial charge in [0.1, 0.15) is 17.3 Å². The molecule has 3 aromatic rings. The van der Waals surface area contributed by atoms with Gasteiger partial charge in [-0.05, 0) is 51.1 Å². The third kappa shape index (κ3) is 5.13. The molecule has 0 atom stereocenters. The number of anilines is 1. The Bertz CT molecular complexity index is 1230. The molecule has 3 heterocycles. The Kier molecular flexibility index (Phi) is 7.62. The number of fused-ring (bicyclic) bond motifs is 1. The molecule has 1 aromatic carbocycles. The van der Waals surface area contributed by atoms with E-state index < -0.39 is 0 Å². The number of piperazine rings is 1. The van der Waals surface area contributed by atoms with E-state index in [1.807, 2.05) is 45.3 Å². The van der Waals surface area contributed by atoms with E-state index in [2.05, 4.69) is 27.1 Å². The Morgan fingerprint density at radius 2 is 1.63 bits per heavy atom. The number of hydrogen-bond acceptors (Lipinski definition) is 7. The Morgan fingerprint density at radius 3 is 2.26 bits per heavy atom. The van der Waals surface area contributed by atoms with Gasteiger partial charge in [-0.2, -0.15) is 0 Å². The average Bonchev–Trinajstić information content (AvgIpc) is 2.86. The molecule has 188 valence electrons. The first-order valence-electron chi connectivity index (χ1n) is 12.2. The first-order valence-corrected chi connectivity index (χ1v) is 12.2. The Morgan fingerprint density at radius 1 is 0.971 bits per heavy atom. The quantitative estimate of drug-likeness (QED) is 0.497. The summed E-state index contributed by atoms with van der Waals surface area (Å²) in [5.41, 5.74) is 4.06. The summed E-state index contributed by atoms with van der Waals surface area (Å²) in [6.07, 6.45) is 2.89. The second-order valence-electron chi connectivity index (χ2n) is 9.38. The van der Waals surface area contributed by atoms with Gasteiger partial charge in [0.05, 0.1) is 19.7 Å². The molecular formula is C27H37N5O3. The van der Waals surface area contributed by atoms with Crippen LogP contribution in [-0.2, 0) is 7.05 Å². The minimum absolute atomic E-state index is 0.0637. The molecule has 1 saturated heterocycles. The van der Waals surface area contributed by atoms with Crippen molar-refractivity contribution in [2.24, 2.45) is 7.05 Å². The van der Waals surface area contributed by atoms with Gasteiger partial charge in [-0.15, -0.1) is 0 Å². The molecule has 0 radical (unpaired) electrons. The summed E-state index contributed by atoms with van der Waals surface area (Å²) >= 11 is 0. The lowest BCUT2D eigenvalue weighted by atomic mass is 9.94. The summed E-state index contributed by atoms with van der Waals surface area (Å²) in [5.74, 6) is 2.17. The molecule has 1 fully saturated rings. The van der Waals surface area contributed by atoms with Crippen LogP contribution in [0.1, 0.15) is 17.5 Å². The second kappa shape index (κ2) is 10.7. The van der Waals surface area contributed by atoms with Gasteiger partial charge in [0, 0.05) is 74.6 Å². The van der Waals surface area contributed by atoms with Gasteiger partial charge < -0.3 is 29.2 Å². The lowest BCUT2D eigenvalue weighted by Crippen LogP contribution is -2.44. The van der Waals surface area contributed by atoms with E-state index in [0.717, 1.165) is 79.1 Å². The maximum absolute atomic E-state index is 13.5. The fraction of sp³-hybridized carbons (Fsp3) is 0.481. The van der Waals surface area contributed by atoms with E-state index in [0.29, 0.717) is 17.1 Å². The van der Waals surface area contributed by atoms with Crippen molar-refractivity contribution in [3.05, 3.63) is 45.9 Å². The van der Waals surface area contributed by atoms with Gasteiger partial charge in [0.15, 0.2) is 0 Å². The molecule has 35 heavy (non-hydrogen) atoms. The van der Waals surface area contributed by atoms with E-state index in [1.54, 1.807) is 18.8 Å². The number of nitrogens with one attached hydrogen (secondary N) is 1. The predicted octanol–water partition coefficient (Wildman–Crippen LogP) is 3.28. The number of hydrogen-bond donors (Lipinski definition) is 1. The molecule has 2 aromatic heterocycles. The summed E-state index contributed by atoms with van der Waals surface area (Å²) in [6, 6.07) is 5.75. The number of ether oxygens (including phenoxy) is 2. The van der Waals surface area contributed by atoms with Crippen LogP contribution in [0.15, 0.2) is 29.2 Å². The molecule has 0 amide bonds. The number of likely N-dealkylation sites (N-methyl/N-ethyl adjacent to an activating group) is 1. The predicted molar refractivity (Wildman–Crippen MR) is 142 cm³/mol. The van der Waals surface area contributed by atoms with E-state index >= 15 is 0 Å². The van der Waals surface area contributed by atoms with Crippen molar-refractivity contribution in [2.45, 2.75) is 20.3 Å². The van der Waals surface area contributed by atoms with E-state index in [4.69, 9.17) is 9.47 Å². The van der Waals surface area contributed by atoms with Gasteiger partial charge in [-0.1, -0.05) is 0 Å². The zero-order valence-electron chi connectivity index (χ0n) is 21.8. The van der Waals surface area contributed by atoms with Crippen LogP contribution >= 0.6 is 0 Å². The number of aryl methyl sites for hydroxylation is 1. The van der Waals surface area contributed by atoms with Crippen molar-refractivity contribution in [1.29, 1.82) is 0 Å². The number of aromatic nitrogens is 2. The lowest BCUT2D eigenvalue weighted by molar-refractivity contribution is 0.154. The highest BCUT2D eigenvalue weighted by molar-refractivity contribution is 5.87. The van der Waals surface area contributed by atoms with E-state index in [9.17, 15) is 4.79 Å². The van der Waals surface area contributed by atoms with Gasteiger partial charge in [-0.3, -0.25) is 4.79 Å². The van der Waals surface area contributed by atoms with Crippen molar-refractivity contribution < 1.29 is 9.47 Å². The van der Waals surface area contributed by atoms with Gasteiger partial charge >= 0.3 is 0 Å². The lowest BCUT2D eigenvalue weighted by Gasteiger charge is -2.32. The minimum Gasteiger partial charge on any atom is -0.496 e. The molecular weight excluding hydrogens is 442 g/mol. The van der Waals surface area contributed by atoms with E-state index in [1.165, 1.54) is 0 Å². The normalized spacial score (nSPS) is 14.9. The third-order valence-electron chi connectivity index (χ3n) is 7.12. The first kappa shape index (κ1) is 25.0. The molecule has 0 bridgehead atoms. The van der Waals surface area contributed by atoms with Crippen LogP contribution in [0.25, 0.3) is 22.0 Å². The smallest absolute Gasteiger partial charge is 0.258 e. The fourth-order valence-electron chi connectivity index (χ4n) is 4.92. The fourth-order valence-corrected chi connectivity index (χ4v) is 4.92. The zero-order chi connectivity index (χ0) is 25.1. The molecule has 0 saturated carbocycles. The van der Waals surface area contributed by atoms with Gasteiger partial charge in [0.25, 0.3) is 5.56 Å². The van der Waals surface area contributed by atoms with Crippen LogP contribution in [0, 0.1) is 13.8 Å². The highest BCUT2D eigenvalue weighted by Crippen LogP contribution is 2.38. The minimum atomic E-state index is -0.0637. The number of benzene rings is 1. The third-order valence-corrected chi connectivity index (χ3v) is 7.12. The van der Waals surface area contributed by atoms with Crippen LogP contribution in [-0.4, -0.2) is 79.9 Å². The Hall–Kier alpha value is -3.10. The van der Waals surface area contributed by atoms with Gasteiger partial charge in [0.2, 0.25) is 0 Å². The van der Waals surface area contributed by atoms with Crippen LogP contribution in [0.3, 0.4) is 0 Å². The summed E-state index contributed by atoms with van der Waals surface area (Å²) in [5, 5.41) is 4.34. The van der Waals surface area contributed by atoms with Crippen molar-refractivity contribution in [3.63, 3.8) is 0 Å². The SMILES string of the molecule is COc1cc(OC)c(C)c(-c2cc3cnc(NCCCN4CCN(C)CC4)cc3n(C)c2=O)c1C. The Balaban J connectivity index is 1.57. The molecule has 4 rings (SSSR count). The molecule has 8 heteroatoms. The van der Waals surface area contributed by atoms with E-state index in [-0.39, 0.29) is 5.56 Å². The molecule has 1 aliphatic rings. The average molecular weight is 480 g/mol. The largest absolute Gasteiger partial charge is 0.496 e. The molecule has 0 unspecified atom stereocenters. The topological polar surface area (TPSA) is 71.9 Å². The summed E-state index contributed by atoms with van der Waals surface area (Å²) in [6.45, 7) is 10.4. The maximum Gasteiger partial charge on any atom is 0.258 e. The number of pyridine rings is 2. The van der Waals surface area contributed by atoms with Crippen molar-refractivity contribution in [2.75, 3.05) is 65.9 Å². The highest BCUT2D eigenvalue weighted by atomic mass is 16.5. The van der Waals surface area contributed by atoms with Crippen molar-refractivity contribution in [1.82, 2.24) is 19.4 Å². The molecule has 1 N–H and O–H groups in total. The molecule has 0 aliphatic carbocycles. The molecule has 8 nitrogen and oxygen atoms in total. The van der Waals surface area contributed by atoms with Crippen LogP contribution in [0.5, 0.6) is 11.5 Å². The van der Waals surface area contributed by atoms with Crippen molar-refractivity contribution in [3.8, 4) is 22.6 Å². The number of nitrogens with zero attached hydrogens (tertiary/aromatic N) is 4. The number of rotatable bonds is 8. The number of methoxy groups -OCH3 is 2. The second-order valence-corrected chi connectivity index (χ2v) is 9.38. The molecule has 0 spiro atoms. The zero-order valence-corrected chi connectivity index (χ0v) is 21.8. The summed E-state index contributed by atoms with van der Waals surface area (Å²) < 4.78 is 12.8. The van der Waals surface area contributed by atoms with Crippen LogP contribution in [0.4, 0.5) is 5.82 Å². The highest BCUT2D eigenvalue weighted by Gasteiger charge is 2.20. The standard InChI is InChI=1S/C27H37N5O3/c1-18-23(34-5)16-24(35-6)19(2)26(18)21-14-20-17-29-25(15-22(20)31(4)27(21)33)28-8-7-9-32-12-10-30(3)11-13-32/h14-17H,7-13H2,1-6H3,(H,28,29). The first-order chi connectivity index (χ1) is 16.8. The van der Waals surface area contributed by atoms with Crippen molar-refractivity contribution >= 4 is 16.7 Å². The monoisotopic (exact) mass is 479 g/mol. The summed E-state index contributed by atoms with van der Waals surface area (Å²) in [4.78, 5) is 23.0. The summed E-state index contributed by atoms with van der Waals surface area (Å²) in [7, 11) is 7.25. The molecule has 1 aliphatic heterocycles. The van der Waals surface area contributed by atoms with Crippen LogP contribution < -0.4 is 20.3 Å². The maximum atomic E-state index is 13.5.